The third kappa shape index (κ3) is 3.24. The average molecular weight is 283 g/mol. The van der Waals surface area contributed by atoms with Crippen molar-refractivity contribution in [1.82, 2.24) is 0 Å². The van der Waals surface area contributed by atoms with Crippen LogP contribution in [0.1, 0.15) is 29.6 Å². The van der Waals surface area contributed by atoms with Gasteiger partial charge in [0.15, 0.2) is 0 Å². The molecule has 19 heavy (non-hydrogen) atoms. The van der Waals surface area contributed by atoms with Gasteiger partial charge in [0, 0.05) is 17.0 Å². The SMILES string of the molecule is NC1CCC(C(=O)Nc2cc(Cl)ccc2C(=O)O)C1. The van der Waals surface area contributed by atoms with Crippen molar-refractivity contribution in [1.29, 1.82) is 0 Å². The van der Waals surface area contributed by atoms with Gasteiger partial charge in [-0.15, -0.1) is 0 Å². The maximum atomic E-state index is 12.0. The Hall–Kier alpha value is -1.59. The Bertz CT molecular complexity index is 519. The van der Waals surface area contributed by atoms with Gasteiger partial charge in [-0.2, -0.15) is 0 Å². The minimum absolute atomic E-state index is 0.0278. The van der Waals surface area contributed by atoms with Crippen LogP contribution in [0.5, 0.6) is 0 Å². The number of aromatic carboxylic acids is 1. The van der Waals surface area contributed by atoms with Gasteiger partial charge in [0.25, 0.3) is 0 Å². The minimum Gasteiger partial charge on any atom is -0.478 e. The fraction of sp³-hybridized carbons (Fsp3) is 0.385. The van der Waals surface area contributed by atoms with E-state index in [9.17, 15) is 9.59 Å². The minimum atomic E-state index is -1.10. The molecule has 0 saturated heterocycles. The number of rotatable bonds is 3. The quantitative estimate of drug-likeness (QED) is 0.791. The Balaban J connectivity index is 2.16. The van der Waals surface area contributed by atoms with Crippen LogP contribution in [0.4, 0.5) is 5.69 Å². The molecule has 0 spiro atoms. The molecule has 0 heterocycles. The molecule has 0 aliphatic heterocycles. The van der Waals surface area contributed by atoms with Gasteiger partial charge < -0.3 is 16.2 Å². The summed E-state index contributed by atoms with van der Waals surface area (Å²) in [6.07, 6.45) is 2.18. The fourth-order valence-electron chi connectivity index (χ4n) is 2.30. The van der Waals surface area contributed by atoms with Crippen molar-refractivity contribution in [2.45, 2.75) is 25.3 Å². The monoisotopic (exact) mass is 282 g/mol. The Morgan fingerprint density at radius 1 is 1.37 bits per heavy atom. The average Bonchev–Trinajstić information content (AvgIpc) is 2.75. The van der Waals surface area contributed by atoms with Gasteiger partial charge in [0.05, 0.1) is 11.3 Å². The molecule has 2 atom stereocenters. The van der Waals surface area contributed by atoms with Crippen molar-refractivity contribution in [3.63, 3.8) is 0 Å². The lowest BCUT2D eigenvalue weighted by atomic mass is 10.1. The van der Waals surface area contributed by atoms with Crippen LogP contribution >= 0.6 is 11.6 Å². The predicted molar refractivity (Wildman–Crippen MR) is 72.4 cm³/mol. The largest absolute Gasteiger partial charge is 0.478 e. The maximum absolute atomic E-state index is 12.0. The van der Waals surface area contributed by atoms with Crippen molar-refractivity contribution >= 4 is 29.2 Å². The van der Waals surface area contributed by atoms with Crippen molar-refractivity contribution in [3.8, 4) is 0 Å². The summed E-state index contributed by atoms with van der Waals surface area (Å²) in [6.45, 7) is 0. The van der Waals surface area contributed by atoms with Crippen molar-refractivity contribution in [3.05, 3.63) is 28.8 Å². The summed E-state index contributed by atoms with van der Waals surface area (Å²) in [4.78, 5) is 23.1. The van der Waals surface area contributed by atoms with Gasteiger partial charge >= 0.3 is 5.97 Å². The molecule has 1 aromatic rings. The molecule has 0 bridgehead atoms. The molecule has 5 nitrogen and oxygen atoms in total. The number of anilines is 1. The molecule has 1 aliphatic rings. The van der Waals surface area contributed by atoms with Gasteiger partial charge in [-0.3, -0.25) is 4.79 Å². The van der Waals surface area contributed by atoms with E-state index in [1.807, 2.05) is 0 Å². The van der Waals surface area contributed by atoms with E-state index < -0.39 is 5.97 Å². The van der Waals surface area contributed by atoms with E-state index >= 15 is 0 Å². The lowest BCUT2D eigenvalue weighted by Gasteiger charge is -2.13. The standard InChI is InChI=1S/C13H15ClN2O3/c14-8-2-4-10(13(18)19)11(6-8)16-12(17)7-1-3-9(15)5-7/h2,4,6-7,9H,1,3,5,15H2,(H,16,17)(H,18,19). The van der Waals surface area contributed by atoms with Crippen molar-refractivity contribution in [2.24, 2.45) is 11.7 Å². The van der Waals surface area contributed by atoms with E-state index in [0.29, 0.717) is 11.4 Å². The number of carbonyl (C=O) groups excluding carboxylic acids is 1. The molecule has 2 unspecified atom stereocenters. The highest BCUT2D eigenvalue weighted by molar-refractivity contribution is 6.31. The molecular weight excluding hydrogens is 268 g/mol. The van der Waals surface area contributed by atoms with E-state index in [1.165, 1.54) is 18.2 Å². The highest BCUT2D eigenvalue weighted by Gasteiger charge is 2.28. The number of hydrogen-bond acceptors (Lipinski definition) is 3. The smallest absolute Gasteiger partial charge is 0.337 e. The van der Waals surface area contributed by atoms with Gasteiger partial charge in [0.2, 0.25) is 5.91 Å². The number of benzene rings is 1. The summed E-state index contributed by atoms with van der Waals surface area (Å²) in [5.74, 6) is -1.46. The van der Waals surface area contributed by atoms with Crippen molar-refractivity contribution < 1.29 is 14.7 Å². The Kier molecular flexibility index (Phi) is 4.07. The van der Waals surface area contributed by atoms with E-state index in [1.54, 1.807) is 0 Å². The molecule has 0 radical (unpaired) electrons. The Morgan fingerprint density at radius 3 is 2.68 bits per heavy atom. The molecule has 102 valence electrons. The third-order valence-electron chi connectivity index (χ3n) is 3.31. The third-order valence-corrected chi connectivity index (χ3v) is 3.55. The van der Waals surface area contributed by atoms with Crippen molar-refractivity contribution in [2.75, 3.05) is 5.32 Å². The first-order valence-corrected chi connectivity index (χ1v) is 6.44. The summed E-state index contributed by atoms with van der Waals surface area (Å²) < 4.78 is 0. The number of carbonyl (C=O) groups is 2. The summed E-state index contributed by atoms with van der Waals surface area (Å²) in [5, 5.41) is 12.1. The lowest BCUT2D eigenvalue weighted by Crippen LogP contribution is -2.24. The predicted octanol–water partition coefficient (Wildman–Crippen LogP) is 2.10. The lowest BCUT2D eigenvalue weighted by molar-refractivity contribution is -0.119. The first-order valence-electron chi connectivity index (χ1n) is 6.06. The number of hydrogen-bond donors (Lipinski definition) is 3. The molecular formula is C13H15ClN2O3. The maximum Gasteiger partial charge on any atom is 0.337 e. The molecule has 1 amide bonds. The number of halogens is 1. The molecule has 4 N–H and O–H groups in total. The zero-order chi connectivity index (χ0) is 14.0. The molecule has 1 aromatic carbocycles. The fourth-order valence-corrected chi connectivity index (χ4v) is 2.47. The molecule has 2 rings (SSSR count). The van der Waals surface area contributed by atoms with Crippen LogP contribution in [0.15, 0.2) is 18.2 Å². The molecule has 1 saturated carbocycles. The van der Waals surface area contributed by atoms with Crippen LogP contribution in [0.3, 0.4) is 0 Å². The first kappa shape index (κ1) is 13.8. The number of nitrogens with one attached hydrogen (secondary N) is 1. The highest BCUT2D eigenvalue weighted by atomic mass is 35.5. The molecule has 0 aromatic heterocycles. The molecule has 6 heteroatoms. The van der Waals surface area contributed by atoms with Crippen LogP contribution in [-0.4, -0.2) is 23.0 Å². The van der Waals surface area contributed by atoms with Crippen LogP contribution in [-0.2, 0) is 4.79 Å². The number of amides is 1. The van der Waals surface area contributed by atoms with Gasteiger partial charge in [0.1, 0.15) is 0 Å². The summed E-state index contributed by atoms with van der Waals surface area (Å²) in [5.41, 5.74) is 6.02. The second-order valence-corrected chi connectivity index (χ2v) is 5.19. The van der Waals surface area contributed by atoms with Gasteiger partial charge in [-0.1, -0.05) is 11.6 Å². The normalized spacial score (nSPS) is 22.2. The second-order valence-electron chi connectivity index (χ2n) is 4.75. The Morgan fingerprint density at radius 2 is 2.11 bits per heavy atom. The highest BCUT2D eigenvalue weighted by Crippen LogP contribution is 2.27. The zero-order valence-electron chi connectivity index (χ0n) is 10.2. The number of nitrogens with two attached hydrogens (primary N) is 1. The Labute approximate surface area is 115 Å². The molecule has 1 aliphatic carbocycles. The summed E-state index contributed by atoms with van der Waals surface area (Å²) in [7, 11) is 0. The first-order chi connectivity index (χ1) is 8.97. The van der Waals surface area contributed by atoms with E-state index in [4.69, 9.17) is 22.4 Å². The summed E-state index contributed by atoms with van der Waals surface area (Å²) in [6, 6.07) is 4.35. The van der Waals surface area contributed by atoms with Gasteiger partial charge in [-0.05, 0) is 37.5 Å². The second kappa shape index (κ2) is 5.59. The van der Waals surface area contributed by atoms with E-state index in [-0.39, 0.29) is 29.1 Å². The topological polar surface area (TPSA) is 92.4 Å². The number of carboxylic acid groups (broad SMARTS) is 1. The number of carboxylic acids is 1. The van der Waals surface area contributed by atoms with E-state index in [2.05, 4.69) is 5.32 Å². The summed E-state index contributed by atoms with van der Waals surface area (Å²) >= 11 is 5.82. The van der Waals surface area contributed by atoms with Crippen LogP contribution in [0.25, 0.3) is 0 Å². The van der Waals surface area contributed by atoms with Crippen LogP contribution < -0.4 is 11.1 Å². The molecule has 1 fully saturated rings. The van der Waals surface area contributed by atoms with Crippen LogP contribution in [0.2, 0.25) is 5.02 Å². The zero-order valence-corrected chi connectivity index (χ0v) is 11.0. The van der Waals surface area contributed by atoms with Gasteiger partial charge in [-0.25, -0.2) is 4.79 Å². The van der Waals surface area contributed by atoms with E-state index in [0.717, 1.165) is 12.8 Å². The van der Waals surface area contributed by atoms with Crippen LogP contribution in [0, 0.1) is 5.92 Å².